The number of aromatic amines is 1. The summed E-state index contributed by atoms with van der Waals surface area (Å²) in [6.45, 7) is 5.93. The van der Waals surface area contributed by atoms with E-state index in [2.05, 4.69) is 11.9 Å². The number of H-pyrrole nitrogens is 1. The van der Waals surface area contributed by atoms with Gasteiger partial charge in [-0.05, 0) is 49.4 Å². The molecule has 0 radical (unpaired) electrons. The largest absolute Gasteiger partial charge is 0.358 e. The summed E-state index contributed by atoms with van der Waals surface area (Å²) >= 11 is 5.93. The van der Waals surface area contributed by atoms with Gasteiger partial charge in [-0.25, -0.2) is 0 Å². The zero-order valence-electron chi connectivity index (χ0n) is 13.0. The lowest BCUT2D eigenvalue weighted by atomic mass is 9.98. The fraction of sp³-hybridized carbons (Fsp3) is 0.389. The van der Waals surface area contributed by atoms with Crippen LogP contribution in [0, 0.1) is 12.8 Å². The third-order valence-corrected chi connectivity index (χ3v) is 4.72. The van der Waals surface area contributed by atoms with E-state index >= 15 is 0 Å². The van der Waals surface area contributed by atoms with Crippen LogP contribution in [-0.2, 0) is 0 Å². The van der Waals surface area contributed by atoms with Gasteiger partial charge in [-0.3, -0.25) is 4.79 Å². The average Bonchev–Trinajstić information content (AvgIpc) is 2.90. The smallest absolute Gasteiger partial charge is 0.255 e. The minimum atomic E-state index is 0.140. The van der Waals surface area contributed by atoms with Crippen LogP contribution < -0.4 is 0 Å². The highest BCUT2D eigenvalue weighted by Crippen LogP contribution is 2.25. The molecule has 0 aliphatic carbocycles. The van der Waals surface area contributed by atoms with Gasteiger partial charge in [-0.1, -0.05) is 30.7 Å². The molecular formula is C18H21ClN2O. The lowest BCUT2D eigenvalue weighted by molar-refractivity contribution is 0.0696. The van der Waals surface area contributed by atoms with E-state index in [4.69, 9.17) is 11.6 Å². The number of amides is 1. The summed E-state index contributed by atoms with van der Waals surface area (Å²) in [7, 11) is 0. The van der Waals surface area contributed by atoms with E-state index in [9.17, 15) is 4.79 Å². The van der Waals surface area contributed by atoms with E-state index in [0.29, 0.717) is 5.02 Å². The molecule has 0 atom stereocenters. The summed E-state index contributed by atoms with van der Waals surface area (Å²) in [5, 5.41) is 0.714. The second-order valence-electron chi connectivity index (χ2n) is 6.20. The third-order valence-electron chi connectivity index (χ3n) is 4.47. The number of aryl methyl sites for hydroxylation is 1. The Morgan fingerprint density at radius 2 is 1.86 bits per heavy atom. The van der Waals surface area contributed by atoms with Gasteiger partial charge in [-0.2, -0.15) is 0 Å². The first kappa shape index (κ1) is 15.2. The summed E-state index contributed by atoms with van der Waals surface area (Å²) in [5.41, 5.74) is 3.70. The van der Waals surface area contributed by atoms with Crippen LogP contribution in [0.3, 0.4) is 0 Å². The van der Waals surface area contributed by atoms with Crippen molar-refractivity contribution in [2.75, 3.05) is 13.1 Å². The summed E-state index contributed by atoms with van der Waals surface area (Å²) < 4.78 is 0. The number of hydrogen-bond donors (Lipinski definition) is 1. The number of halogens is 1. The second-order valence-corrected chi connectivity index (χ2v) is 6.64. The van der Waals surface area contributed by atoms with Crippen molar-refractivity contribution in [3.05, 3.63) is 46.6 Å². The molecular weight excluding hydrogens is 296 g/mol. The van der Waals surface area contributed by atoms with Crippen molar-refractivity contribution in [1.29, 1.82) is 0 Å². The molecule has 1 aromatic carbocycles. The second kappa shape index (κ2) is 6.17. The molecule has 1 saturated heterocycles. The molecule has 116 valence electrons. The Labute approximate surface area is 136 Å². The molecule has 4 heteroatoms. The molecule has 1 aliphatic rings. The van der Waals surface area contributed by atoms with Gasteiger partial charge in [0.25, 0.3) is 5.91 Å². The summed E-state index contributed by atoms with van der Waals surface area (Å²) in [6, 6.07) is 9.61. The number of hydrogen-bond acceptors (Lipinski definition) is 1. The molecule has 3 nitrogen and oxygen atoms in total. The molecule has 22 heavy (non-hydrogen) atoms. The Balaban J connectivity index is 1.83. The van der Waals surface area contributed by atoms with E-state index in [-0.39, 0.29) is 5.91 Å². The third kappa shape index (κ3) is 3.05. The van der Waals surface area contributed by atoms with E-state index in [1.807, 2.05) is 42.2 Å². The molecule has 0 unspecified atom stereocenters. The van der Waals surface area contributed by atoms with E-state index < -0.39 is 0 Å². The normalized spacial score (nSPS) is 16.0. The van der Waals surface area contributed by atoms with Gasteiger partial charge in [0.2, 0.25) is 0 Å². The standard InChI is InChI=1S/C18H21ClN2O/c1-12-7-9-21(10-8-12)18(22)16-11-17(20-13(16)2)14-3-5-15(19)6-4-14/h3-6,11-12,20H,7-10H2,1-2H3. The van der Waals surface area contributed by atoms with Crippen molar-refractivity contribution in [2.24, 2.45) is 5.92 Å². The highest BCUT2D eigenvalue weighted by atomic mass is 35.5. The van der Waals surface area contributed by atoms with Gasteiger partial charge in [-0.15, -0.1) is 0 Å². The molecule has 1 N–H and O–H groups in total. The number of nitrogens with one attached hydrogen (secondary N) is 1. The Hall–Kier alpha value is -1.74. The number of rotatable bonds is 2. The molecule has 1 fully saturated rings. The van der Waals surface area contributed by atoms with Gasteiger partial charge in [0, 0.05) is 29.5 Å². The zero-order valence-corrected chi connectivity index (χ0v) is 13.8. The number of carbonyl (C=O) groups is 1. The maximum absolute atomic E-state index is 12.7. The van der Waals surface area contributed by atoms with Crippen LogP contribution in [-0.4, -0.2) is 28.9 Å². The fourth-order valence-corrected chi connectivity index (χ4v) is 3.07. The molecule has 1 aromatic heterocycles. The van der Waals surface area contributed by atoms with E-state index in [1.165, 1.54) is 0 Å². The van der Waals surface area contributed by atoms with Crippen molar-refractivity contribution in [3.63, 3.8) is 0 Å². The number of nitrogens with zero attached hydrogens (tertiary/aromatic N) is 1. The molecule has 1 amide bonds. The fourth-order valence-electron chi connectivity index (χ4n) is 2.95. The first-order valence-electron chi connectivity index (χ1n) is 7.79. The minimum Gasteiger partial charge on any atom is -0.358 e. The minimum absolute atomic E-state index is 0.140. The van der Waals surface area contributed by atoms with E-state index in [0.717, 1.165) is 54.4 Å². The molecule has 2 heterocycles. The van der Waals surface area contributed by atoms with Crippen LogP contribution in [0.2, 0.25) is 5.02 Å². The molecule has 1 aliphatic heterocycles. The summed E-state index contributed by atoms with van der Waals surface area (Å²) in [5.74, 6) is 0.863. The monoisotopic (exact) mass is 316 g/mol. The van der Waals surface area contributed by atoms with Crippen molar-refractivity contribution in [1.82, 2.24) is 9.88 Å². The van der Waals surface area contributed by atoms with Gasteiger partial charge in [0.15, 0.2) is 0 Å². The number of aromatic nitrogens is 1. The summed E-state index contributed by atoms with van der Waals surface area (Å²) in [6.07, 6.45) is 2.19. The van der Waals surface area contributed by atoms with E-state index in [1.54, 1.807) is 0 Å². The first-order valence-corrected chi connectivity index (χ1v) is 8.17. The van der Waals surface area contributed by atoms with Gasteiger partial charge in [0.05, 0.1) is 5.56 Å². The highest BCUT2D eigenvalue weighted by Gasteiger charge is 2.23. The molecule has 0 bridgehead atoms. The lowest BCUT2D eigenvalue weighted by Crippen LogP contribution is -2.38. The molecule has 2 aromatic rings. The number of likely N-dealkylation sites (tertiary alicyclic amines) is 1. The number of carbonyl (C=O) groups excluding carboxylic acids is 1. The lowest BCUT2D eigenvalue weighted by Gasteiger charge is -2.30. The quantitative estimate of drug-likeness (QED) is 0.869. The maximum atomic E-state index is 12.7. The van der Waals surface area contributed by atoms with Crippen LogP contribution in [0.5, 0.6) is 0 Å². The average molecular weight is 317 g/mol. The first-order chi connectivity index (χ1) is 10.5. The van der Waals surface area contributed by atoms with Crippen molar-refractivity contribution >= 4 is 17.5 Å². The highest BCUT2D eigenvalue weighted by molar-refractivity contribution is 6.30. The van der Waals surface area contributed by atoms with Crippen LogP contribution in [0.4, 0.5) is 0 Å². The predicted molar refractivity (Wildman–Crippen MR) is 90.3 cm³/mol. The maximum Gasteiger partial charge on any atom is 0.255 e. The zero-order chi connectivity index (χ0) is 15.7. The van der Waals surface area contributed by atoms with Gasteiger partial charge >= 0.3 is 0 Å². The van der Waals surface area contributed by atoms with Crippen molar-refractivity contribution in [3.8, 4) is 11.3 Å². The number of benzene rings is 1. The number of piperidine rings is 1. The Kier molecular flexibility index (Phi) is 4.25. The molecule has 0 spiro atoms. The predicted octanol–water partition coefficient (Wildman–Crippen LogP) is 4.52. The molecule has 0 saturated carbocycles. The Bertz CT molecular complexity index is 667. The van der Waals surface area contributed by atoms with Crippen molar-refractivity contribution in [2.45, 2.75) is 26.7 Å². The van der Waals surface area contributed by atoms with Crippen LogP contribution >= 0.6 is 11.6 Å². The molecule has 3 rings (SSSR count). The topological polar surface area (TPSA) is 36.1 Å². The van der Waals surface area contributed by atoms with Crippen LogP contribution in [0.15, 0.2) is 30.3 Å². The van der Waals surface area contributed by atoms with Gasteiger partial charge in [0.1, 0.15) is 0 Å². The van der Waals surface area contributed by atoms with Crippen LogP contribution in [0.1, 0.15) is 35.8 Å². The Morgan fingerprint density at radius 3 is 2.50 bits per heavy atom. The summed E-state index contributed by atoms with van der Waals surface area (Å²) in [4.78, 5) is 18.0. The van der Waals surface area contributed by atoms with Crippen LogP contribution in [0.25, 0.3) is 11.3 Å². The van der Waals surface area contributed by atoms with Crippen molar-refractivity contribution < 1.29 is 4.79 Å². The SMILES string of the molecule is Cc1[nH]c(-c2ccc(Cl)cc2)cc1C(=O)N1CCC(C)CC1. The van der Waals surface area contributed by atoms with Gasteiger partial charge < -0.3 is 9.88 Å². The Morgan fingerprint density at radius 1 is 1.23 bits per heavy atom.